The van der Waals surface area contributed by atoms with E-state index in [0.717, 1.165) is 36.7 Å². The van der Waals surface area contributed by atoms with E-state index in [1.165, 1.54) is 0 Å². The molecule has 0 heterocycles. The third kappa shape index (κ3) is 4.45. The predicted octanol–water partition coefficient (Wildman–Crippen LogP) is 2.75. The lowest BCUT2D eigenvalue weighted by atomic mass is 9.89. The Balaban J connectivity index is 2.62. The summed E-state index contributed by atoms with van der Waals surface area (Å²) in [5, 5.41) is 3.38. The van der Waals surface area contributed by atoms with E-state index in [2.05, 4.69) is 19.2 Å². The van der Waals surface area contributed by atoms with Crippen LogP contribution in [0, 0.1) is 5.41 Å². The first-order valence-electron chi connectivity index (χ1n) is 6.15. The van der Waals surface area contributed by atoms with Crippen LogP contribution < -0.4 is 15.8 Å². The number of nitrogens with one attached hydrogen (secondary N) is 1. The maximum Gasteiger partial charge on any atom is 0.121 e. The molecule has 0 amide bonds. The molecule has 0 radical (unpaired) electrons. The van der Waals surface area contributed by atoms with E-state index in [-0.39, 0.29) is 5.41 Å². The molecule has 1 aromatic carbocycles. The van der Waals surface area contributed by atoms with Crippen LogP contribution in [0.25, 0.3) is 0 Å². The second-order valence-electron chi connectivity index (χ2n) is 5.21. The number of nitrogens with two attached hydrogens (primary N) is 1. The van der Waals surface area contributed by atoms with E-state index in [1.54, 1.807) is 14.2 Å². The second-order valence-corrected chi connectivity index (χ2v) is 5.21. The van der Waals surface area contributed by atoms with Crippen LogP contribution in [-0.2, 0) is 4.74 Å². The molecule has 4 nitrogen and oxygen atoms in total. The molecule has 102 valence electrons. The maximum absolute atomic E-state index is 5.93. The Kier molecular flexibility index (Phi) is 5.28. The van der Waals surface area contributed by atoms with E-state index in [4.69, 9.17) is 15.2 Å². The summed E-state index contributed by atoms with van der Waals surface area (Å²) in [5.74, 6) is 0.807. The number of anilines is 2. The van der Waals surface area contributed by atoms with Gasteiger partial charge in [0.2, 0.25) is 0 Å². The zero-order valence-corrected chi connectivity index (χ0v) is 11.7. The molecule has 0 bridgehead atoms. The SMILES string of the molecule is COCCC(C)(C)CNc1cc(OC)ccc1N. The number of rotatable bonds is 7. The molecule has 0 fully saturated rings. The van der Waals surface area contributed by atoms with Crippen LogP contribution in [-0.4, -0.2) is 27.4 Å². The predicted molar refractivity (Wildman–Crippen MR) is 76.2 cm³/mol. The molecule has 0 saturated carbocycles. The third-order valence-electron chi connectivity index (χ3n) is 3.00. The summed E-state index contributed by atoms with van der Waals surface area (Å²) < 4.78 is 10.3. The van der Waals surface area contributed by atoms with Crippen LogP contribution in [0.1, 0.15) is 20.3 Å². The van der Waals surface area contributed by atoms with E-state index in [1.807, 2.05) is 18.2 Å². The Labute approximate surface area is 109 Å². The monoisotopic (exact) mass is 252 g/mol. The first-order chi connectivity index (χ1) is 8.48. The van der Waals surface area contributed by atoms with Crippen molar-refractivity contribution >= 4 is 11.4 Å². The van der Waals surface area contributed by atoms with Gasteiger partial charge in [0.15, 0.2) is 0 Å². The fourth-order valence-electron chi connectivity index (χ4n) is 1.62. The van der Waals surface area contributed by atoms with Gasteiger partial charge in [-0.15, -0.1) is 0 Å². The third-order valence-corrected chi connectivity index (χ3v) is 3.00. The highest BCUT2D eigenvalue weighted by molar-refractivity contribution is 5.68. The van der Waals surface area contributed by atoms with Crippen molar-refractivity contribution < 1.29 is 9.47 Å². The number of methoxy groups -OCH3 is 2. The average Bonchev–Trinajstić information content (AvgIpc) is 2.35. The van der Waals surface area contributed by atoms with Crippen LogP contribution in [0.3, 0.4) is 0 Å². The Morgan fingerprint density at radius 2 is 2.00 bits per heavy atom. The van der Waals surface area contributed by atoms with E-state index in [0.29, 0.717) is 0 Å². The molecule has 0 aliphatic heterocycles. The quantitative estimate of drug-likeness (QED) is 0.733. The summed E-state index contributed by atoms with van der Waals surface area (Å²) in [6, 6.07) is 5.63. The summed E-state index contributed by atoms with van der Waals surface area (Å²) in [4.78, 5) is 0. The highest BCUT2D eigenvalue weighted by atomic mass is 16.5. The number of benzene rings is 1. The van der Waals surface area contributed by atoms with Crippen LogP contribution >= 0.6 is 0 Å². The zero-order chi connectivity index (χ0) is 13.6. The molecular formula is C14H24N2O2. The van der Waals surface area contributed by atoms with E-state index < -0.39 is 0 Å². The topological polar surface area (TPSA) is 56.5 Å². The van der Waals surface area contributed by atoms with Crippen LogP contribution in [0.2, 0.25) is 0 Å². The normalized spacial score (nSPS) is 11.3. The van der Waals surface area contributed by atoms with Crippen molar-refractivity contribution in [3.8, 4) is 5.75 Å². The summed E-state index contributed by atoms with van der Waals surface area (Å²) in [6.07, 6.45) is 1.00. The number of hydrogen-bond acceptors (Lipinski definition) is 4. The van der Waals surface area contributed by atoms with Gasteiger partial charge in [-0.1, -0.05) is 13.8 Å². The minimum atomic E-state index is 0.158. The highest BCUT2D eigenvalue weighted by Crippen LogP contribution is 2.27. The Morgan fingerprint density at radius 3 is 2.61 bits per heavy atom. The van der Waals surface area contributed by atoms with Gasteiger partial charge in [0.05, 0.1) is 18.5 Å². The molecule has 0 aliphatic carbocycles. The average molecular weight is 252 g/mol. The van der Waals surface area contributed by atoms with Crippen molar-refractivity contribution in [3.05, 3.63) is 18.2 Å². The van der Waals surface area contributed by atoms with Crippen molar-refractivity contribution in [2.75, 3.05) is 38.4 Å². The lowest BCUT2D eigenvalue weighted by Crippen LogP contribution is -2.25. The van der Waals surface area contributed by atoms with Gasteiger partial charge in [-0.3, -0.25) is 0 Å². The van der Waals surface area contributed by atoms with Gasteiger partial charge < -0.3 is 20.5 Å². The van der Waals surface area contributed by atoms with Crippen LogP contribution in [0.15, 0.2) is 18.2 Å². The largest absolute Gasteiger partial charge is 0.497 e. The molecule has 0 spiro atoms. The Hall–Kier alpha value is -1.42. The van der Waals surface area contributed by atoms with Gasteiger partial charge in [-0.05, 0) is 24.0 Å². The van der Waals surface area contributed by atoms with Gasteiger partial charge in [-0.25, -0.2) is 0 Å². The smallest absolute Gasteiger partial charge is 0.121 e. The van der Waals surface area contributed by atoms with Crippen molar-refractivity contribution in [2.45, 2.75) is 20.3 Å². The molecule has 0 aliphatic rings. The van der Waals surface area contributed by atoms with Crippen molar-refractivity contribution in [3.63, 3.8) is 0 Å². The lowest BCUT2D eigenvalue weighted by molar-refractivity contribution is 0.157. The van der Waals surface area contributed by atoms with Crippen molar-refractivity contribution in [1.29, 1.82) is 0 Å². The van der Waals surface area contributed by atoms with Gasteiger partial charge in [0, 0.05) is 26.3 Å². The van der Waals surface area contributed by atoms with Crippen LogP contribution in [0.5, 0.6) is 5.75 Å². The first-order valence-corrected chi connectivity index (χ1v) is 6.15. The molecule has 1 aromatic rings. The molecule has 3 N–H and O–H groups in total. The standard InChI is InChI=1S/C14H24N2O2/c1-14(2,7-8-17-3)10-16-13-9-11(18-4)5-6-12(13)15/h5-6,9,16H,7-8,10,15H2,1-4H3. The first kappa shape index (κ1) is 14.6. The van der Waals surface area contributed by atoms with E-state index >= 15 is 0 Å². The molecule has 18 heavy (non-hydrogen) atoms. The minimum absolute atomic E-state index is 0.158. The highest BCUT2D eigenvalue weighted by Gasteiger charge is 2.17. The van der Waals surface area contributed by atoms with Crippen LogP contribution in [0.4, 0.5) is 11.4 Å². The molecule has 0 unspecified atom stereocenters. The van der Waals surface area contributed by atoms with Gasteiger partial charge in [0.1, 0.15) is 5.75 Å². The molecule has 0 aromatic heterocycles. The molecular weight excluding hydrogens is 228 g/mol. The molecule has 0 saturated heterocycles. The number of ether oxygens (including phenoxy) is 2. The van der Waals surface area contributed by atoms with Crippen molar-refractivity contribution in [2.24, 2.45) is 5.41 Å². The number of hydrogen-bond donors (Lipinski definition) is 2. The van der Waals surface area contributed by atoms with Gasteiger partial charge >= 0.3 is 0 Å². The molecule has 0 atom stereocenters. The summed E-state index contributed by atoms with van der Waals surface area (Å²) >= 11 is 0. The lowest BCUT2D eigenvalue weighted by Gasteiger charge is -2.25. The molecule has 1 rings (SSSR count). The maximum atomic E-state index is 5.93. The number of nitrogen functional groups attached to an aromatic ring is 1. The Morgan fingerprint density at radius 1 is 1.28 bits per heavy atom. The van der Waals surface area contributed by atoms with Gasteiger partial charge in [-0.2, -0.15) is 0 Å². The summed E-state index contributed by atoms with van der Waals surface area (Å²) in [6.45, 7) is 6.01. The second kappa shape index (κ2) is 6.50. The fraction of sp³-hybridized carbons (Fsp3) is 0.571. The minimum Gasteiger partial charge on any atom is -0.497 e. The van der Waals surface area contributed by atoms with E-state index in [9.17, 15) is 0 Å². The van der Waals surface area contributed by atoms with Crippen molar-refractivity contribution in [1.82, 2.24) is 0 Å². The summed E-state index contributed by atoms with van der Waals surface area (Å²) in [5.41, 5.74) is 7.74. The fourth-order valence-corrected chi connectivity index (χ4v) is 1.62. The zero-order valence-electron chi connectivity index (χ0n) is 11.7. The van der Waals surface area contributed by atoms with Gasteiger partial charge in [0.25, 0.3) is 0 Å². The summed E-state index contributed by atoms with van der Waals surface area (Å²) in [7, 11) is 3.38. The Bertz CT molecular complexity index is 378. The molecule has 4 heteroatoms.